The molecule has 1 aromatic carbocycles. The molecule has 0 aliphatic carbocycles. The highest BCUT2D eigenvalue weighted by Gasteiger charge is 2.31. The number of carbonyl (C=O) groups excluding carboxylic acids is 4. The van der Waals surface area contributed by atoms with Crippen molar-refractivity contribution in [1.82, 2.24) is 20.9 Å². The number of carboxylic acids is 1. The second-order valence-electron chi connectivity index (χ2n) is 10.1. The summed E-state index contributed by atoms with van der Waals surface area (Å²) in [6, 6.07) is 3.03. The summed E-state index contributed by atoms with van der Waals surface area (Å²) >= 11 is 1.44. The molecular weight excluding hydrogens is 536 g/mol. The number of rotatable bonds is 16. The highest BCUT2D eigenvalue weighted by atomic mass is 32.2. The molecule has 0 bridgehead atoms. The largest absolute Gasteiger partial charge is 0.481 e. The van der Waals surface area contributed by atoms with Crippen molar-refractivity contribution in [3.05, 3.63) is 36.0 Å². The normalized spacial score (nSPS) is 14.2. The molecule has 0 radical (unpaired) electrons. The van der Waals surface area contributed by atoms with Crippen LogP contribution in [0.5, 0.6) is 0 Å². The molecule has 0 aliphatic heterocycles. The van der Waals surface area contributed by atoms with Crippen LogP contribution in [0.3, 0.4) is 0 Å². The van der Waals surface area contributed by atoms with E-state index < -0.39 is 60.2 Å². The number of para-hydroxylation sites is 1. The van der Waals surface area contributed by atoms with Crippen molar-refractivity contribution < 1.29 is 29.1 Å². The maximum Gasteiger partial charge on any atom is 0.305 e. The molecule has 0 saturated carbocycles. The number of carboxylic acid groups (broad SMARTS) is 1. The van der Waals surface area contributed by atoms with E-state index in [1.807, 2.05) is 44.4 Å². The second-order valence-corrected chi connectivity index (χ2v) is 11.1. The number of nitrogens with one attached hydrogen (secondary N) is 4. The maximum absolute atomic E-state index is 13.1. The fourth-order valence-corrected chi connectivity index (χ4v) is 4.49. The standard InChI is InChI=1S/C27H40N6O6S/c1-15(2)8-9-18(28)24(36)33-27(39)22(13-23(34)35)32-26(38)21(10-11-40-3)31-25(37)19(29)12-16-14-30-20-7-5-4-6-17(16)20/h4-7,14-15,18-19,21-22,30H,8-13,28-29H2,1-3H3,(H,31,37)(H,32,38)(H,34,35)(H,33,36,39)/t18?,19-,21-,22-/m0/s1. The van der Waals surface area contributed by atoms with Crippen LogP contribution in [0.2, 0.25) is 0 Å². The van der Waals surface area contributed by atoms with E-state index in [9.17, 15) is 29.1 Å². The highest BCUT2D eigenvalue weighted by Crippen LogP contribution is 2.19. The first-order valence-corrected chi connectivity index (χ1v) is 14.5. The zero-order valence-electron chi connectivity index (χ0n) is 23.1. The fraction of sp³-hybridized carbons (Fsp3) is 0.519. The summed E-state index contributed by atoms with van der Waals surface area (Å²) in [4.78, 5) is 65.7. The fourth-order valence-electron chi connectivity index (χ4n) is 4.01. The molecule has 4 amide bonds. The summed E-state index contributed by atoms with van der Waals surface area (Å²) in [5, 5.41) is 17.3. The van der Waals surface area contributed by atoms with Crippen molar-refractivity contribution in [3.63, 3.8) is 0 Å². The number of imide groups is 1. The van der Waals surface area contributed by atoms with E-state index in [4.69, 9.17) is 11.5 Å². The topological polar surface area (TPSA) is 209 Å². The molecule has 9 N–H and O–H groups in total. The molecule has 220 valence electrons. The van der Waals surface area contributed by atoms with Crippen LogP contribution in [0.1, 0.15) is 45.1 Å². The minimum Gasteiger partial charge on any atom is -0.481 e. The number of hydrogen-bond acceptors (Lipinski definition) is 8. The van der Waals surface area contributed by atoms with Gasteiger partial charge in [-0.3, -0.25) is 29.3 Å². The summed E-state index contributed by atoms with van der Waals surface area (Å²) in [5.41, 5.74) is 13.8. The lowest BCUT2D eigenvalue weighted by molar-refractivity contribution is -0.142. The first-order chi connectivity index (χ1) is 18.9. The van der Waals surface area contributed by atoms with Gasteiger partial charge in [-0.25, -0.2) is 0 Å². The van der Waals surface area contributed by atoms with Gasteiger partial charge >= 0.3 is 5.97 Å². The Morgan fingerprint density at radius 2 is 1.57 bits per heavy atom. The van der Waals surface area contributed by atoms with Crippen LogP contribution in [0.25, 0.3) is 10.9 Å². The lowest BCUT2D eigenvalue weighted by Gasteiger charge is -2.23. The van der Waals surface area contributed by atoms with E-state index in [1.54, 1.807) is 6.20 Å². The highest BCUT2D eigenvalue weighted by molar-refractivity contribution is 7.98. The van der Waals surface area contributed by atoms with Crippen LogP contribution in [-0.2, 0) is 30.4 Å². The molecule has 1 heterocycles. The Balaban J connectivity index is 2.07. The van der Waals surface area contributed by atoms with E-state index in [0.717, 1.165) is 16.5 Å². The maximum atomic E-state index is 13.1. The Kier molecular flexibility index (Phi) is 13.1. The van der Waals surface area contributed by atoms with Crippen LogP contribution in [0.4, 0.5) is 0 Å². The van der Waals surface area contributed by atoms with Crippen LogP contribution < -0.4 is 27.4 Å². The number of nitrogens with two attached hydrogens (primary N) is 2. The van der Waals surface area contributed by atoms with Gasteiger partial charge in [-0.15, -0.1) is 0 Å². The first kappa shape index (κ1) is 32.8. The molecule has 1 aromatic heterocycles. The number of fused-ring (bicyclic) bond motifs is 1. The molecule has 0 saturated heterocycles. The summed E-state index contributed by atoms with van der Waals surface area (Å²) in [5.74, 6) is -3.65. The van der Waals surface area contributed by atoms with Crippen molar-refractivity contribution in [1.29, 1.82) is 0 Å². The second kappa shape index (κ2) is 16.0. The van der Waals surface area contributed by atoms with Crippen molar-refractivity contribution in [2.75, 3.05) is 12.0 Å². The van der Waals surface area contributed by atoms with E-state index >= 15 is 0 Å². The zero-order valence-corrected chi connectivity index (χ0v) is 23.9. The van der Waals surface area contributed by atoms with E-state index in [-0.39, 0.29) is 12.8 Å². The predicted octanol–water partition coefficient (Wildman–Crippen LogP) is 0.641. The summed E-state index contributed by atoms with van der Waals surface area (Å²) in [6.45, 7) is 3.94. The molecule has 0 aliphatic rings. The van der Waals surface area contributed by atoms with Gasteiger partial charge in [0.25, 0.3) is 0 Å². The van der Waals surface area contributed by atoms with Gasteiger partial charge in [0.1, 0.15) is 12.1 Å². The average Bonchev–Trinajstić information content (AvgIpc) is 3.31. The molecule has 2 aromatic rings. The Morgan fingerprint density at radius 3 is 2.23 bits per heavy atom. The molecule has 4 atom stereocenters. The van der Waals surface area contributed by atoms with Gasteiger partial charge in [-0.1, -0.05) is 32.0 Å². The van der Waals surface area contributed by atoms with Gasteiger partial charge in [0, 0.05) is 17.1 Å². The molecule has 12 nitrogen and oxygen atoms in total. The van der Waals surface area contributed by atoms with Crippen molar-refractivity contribution in [2.45, 2.75) is 70.1 Å². The zero-order chi connectivity index (χ0) is 29.8. The van der Waals surface area contributed by atoms with E-state index in [1.165, 1.54) is 11.8 Å². The summed E-state index contributed by atoms with van der Waals surface area (Å²) in [6.07, 6.45) is 4.27. The van der Waals surface area contributed by atoms with Crippen LogP contribution in [-0.4, -0.2) is 75.9 Å². The molecule has 40 heavy (non-hydrogen) atoms. The van der Waals surface area contributed by atoms with Gasteiger partial charge < -0.3 is 32.2 Å². The van der Waals surface area contributed by atoms with E-state index in [0.29, 0.717) is 24.5 Å². The number of aromatic nitrogens is 1. The number of aromatic amines is 1. The quantitative estimate of drug-likeness (QED) is 0.149. The minimum atomic E-state index is -1.56. The Labute approximate surface area is 237 Å². The van der Waals surface area contributed by atoms with E-state index in [2.05, 4.69) is 20.9 Å². The Bertz CT molecular complexity index is 1190. The molecular formula is C27H40N6O6S. The third kappa shape index (κ3) is 10.3. The van der Waals surface area contributed by atoms with Gasteiger partial charge in [-0.05, 0) is 55.2 Å². The number of amides is 4. The summed E-state index contributed by atoms with van der Waals surface area (Å²) in [7, 11) is 0. The SMILES string of the molecule is CSCC[C@H](NC(=O)[C@@H](N)Cc1c[nH]c2ccccc12)C(=O)N[C@@H](CC(=O)O)C(=O)NC(=O)C(N)CCC(C)C. The Hall–Kier alpha value is -3.42. The van der Waals surface area contributed by atoms with Gasteiger partial charge in [0.05, 0.1) is 18.5 Å². The lowest BCUT2D eigenvalue weighted by atomic mass is 10.0. The molecule has 13 heteroatoms. The van der Waals surface area contributed by atoms with Gasteiger partial charge in [0.2, 0.25) is 23.6 Å². The third-order valence-corrected chi connectivity index (χ3v) is 6.99. The minimum absolute atomic E-state index is 0.207. The van der Waals surface area contributed by atoms with Crippen molar-refractivity contribution in [2.24, 2.45) is 17.4 Å². The monoisotopic (exact) mass is 576 g/mol. The number of benzene rings is 1. The van der Waals surface area contributed by atoms with Gasteiger partial charge in [-0.2, -0.15) is 11.8 Å². The van der Waals surface area contributed by atoms with Crippen molar-refractivity contribution in [3.8, 4) is 0 Å². The Morgan fingerprint density at radius 1 is 0.900 bits per heavy atom. The number of H-pyrrole nitrogens is 1. The number of aliphatic carboxylic acids is 1. The molecule has 0 fully saturated rings. The molecule has 1 unspecified atom stereocenters. The third-order valence-electron chi connectivity index (χ3n) is 6.35. The molecule has 0 spiro atoms. The van der Waals surface area contributed by atoms with Crippen LogP contribution in [0, 0.1) is 5.92 Å². The first-order valence-electron chi connectivity index (χ1n) is 13.1. The summed E-state index contributed by atoms with van der Waals surface area (Å²) < 4.78 is 0. The number of carbonyl (C=O) groups is 5. The smallest absolute Gasteiger partial charge is 0.305 e. The van der Waals surface area contributed by atoms with Crippen molar-refractivity contribution >= 4 is 52.3 Å². The van der Waals surface area contributed by atoms with Crippen LogP contribution >= 0.6 is 11.8 Å². The van der Waals surface area contributed by atoms with Crippen LogP contribution in [0.15, 0.2) is 30.5 Å². The number of thioether (sulfide) groups is 1. The molecule has 2 rings (SSSR count). The number of hydrogen-bond donors (Lipinski definition) is 7. The van der Waals surface area contributed by atoms with Gasteiger partial charge in [0.15, 0.2) is 0 Å². The predicted molar refractivity (Wildman–Crippen MR) is 154 cm³/mol. The lowest BCUT2D eigenvalue weighted by Crippen LogP contribution is -2.57. The average molecular weight is 577 g/mol.